The number of ether oxygens (including phenoxy) is 1. The lowest BCUT2D eigenvalue weighted by molar-refractivity contribution is 0.0966. The summed E-state index contributed by atoms with van der Waals surface area (Å²) in [5.74, 6) is 0.891. The standard InChI is InChI=1S/C11H20N2O/c1-10(7-12)8-13-5-3-11(4-6-13)9-14-2/h10-11H,3-6,8-9H2,1-2H3. The molecule has 0 N–H and O–H groups in total. The zero-order valence-corrected chi connectivity index (χ0v) is 9.20. The van der Waals surface area contributed by atoms with Crippen LogP contribution in [0.25, 0.3) is 0 Å². The number of nitrogens with zero attached hydrogens (tertiary/aromatic N) is 2. The molecule has 0 aromatic rings. The minimum Gasteiger partial charge on any atom is -0.384 e. The van der Waals surface area contributed by atoms with Gasteiger partial charge in [0.1, 0.15) is 0 Å². The molecule has 1 fully saturated rings. The van der Waals surface area contributed by atoms with Crippen molar-refractivity contribution in [1.82, 2.24) is 4.90 Å². The van der Waals surface area contributed by atoms with Crippen LogP contribution in [0.5, 0.6) is 0 Å². The molecule has 0 spiro atoms. The Hall–Kier alpha value is -0.590. The fraction of sp³-hybridized carbons (Fsp3) is 0.909. The maximum atomic E-state index is 8.70. The summed E-state index contributed by atoms with van der Waals surface area (Å²) in [5, 5.41) is 8.70. The molecular weight excluding hydrogens is 176 g/mol. The second-order valence-electron chi connectivity index (χ2n) is 4.23. The lowest BCUT2D eigenvalue weighted by Crippen LogP contribution is -2.37. The van der Waals surface area contributed by atoms with Gasteiger partial charge in [-0.05, 0) is 38.8 Å². The normalized spacial score (nSPS) is 21.8. The van der Waals surface area contributed by atoms with E-state index in [-0.39, 0.29) is 5.92 Å². The Kier molecular flexibility index (Phi) is 4.92. The summed E-state index contributed by atoms with van der Waals surface area (Å²) in [5.41, 5.74) is 0. The summed E-state index contributed by atoms with van der Waals surface area (Å²) in [6, 6.07) is 2.28. The van der Waals surface area contributed by atoms with Crippen LogP contribution in [0.1, 0.15) is 19.8 Å². The molecule has 14 heavy (non-hydrogen) atoms. The van der Waals surface area contributed by atoms with Gasteiger partial charge in [-0.15, -0.1) is 0 Å². The summed E-state index contributed by atoms with van der Waals surface area (Å²) in [6.45, 7) is 6.05. The molecule has 3 heteroatoms. The van der Waals surface area contributed by atoms with Crippen molar-refractivity contribution in [3.63, 3.8) is 0 Å². The third-order valence-electron chi connectivity index (χ3n) is 2.86. The van der Waals surface area contributed by atoms with Gasteiger partial charge in [0.25, 0.3) is 0 Å². The van der Waals surface area contributed by atoms with E-state index in [1.807, 2.05) is 6.92 Å². The van der Waals surface area contributed by atoms with Crippen LogP contribution in [-0.2, 0) is 4.74 Å². The summed E-state index contributed by atoms with van der Waals surface area (Å²) >= 11 is 0. The smallest absolute Gasteiger partial charge is 0.0666 e. The Labute approximate surface area is 86.6 Å². The minimum atomic E-state index is 0.161. The van der Waals surface area contributed by atoms with Crippen LogP contribution in [0.3, 0.4) is 0 Å². The summed E-state index contributed by atoms with van der Waals surface area (Å²) < 4.78 is 5.15. The minimum absolute atomic E-state index is 0.161. The van der Waals surface area contributed by atoms with Crippen molar-refractivity contribution in [1.29, 1.82) is 5.26 Å². The third kappa shape index (κ3) is 3.65. The molecule has 1 rings (SSSR count). The van der Waals surface area contributed by atoms with Gasteiger partial charge in [0.15, 0.2) is 0 Å². The Bertz CT molecular complexity index is 192. The average Bonchev–Trinajstić information content (AvgIpc) is 2.21. The van der Waals surface area contributed by atoms with Crippen molar-refractivity contribution in [2.45, 2.75) is 19.8 Å². The predicted octanol–water partition coefficient (Wildman–Crippen LogP) is 1.50. The van der Waals surface area contributed by atoms with E-state index in [9.17, 15) is 0 Å². The lowest BCUT2D eigenvalue weighted by Gasteiger charge is -2.32. The fourth-order valence-electron chi connectivity index (χ4n) is 2.00. The Morgan fingerprint density at radius 3 is 2.64 bits per heavy atom. The molecular formula is C11H20N2O. The predicted molar refractivity (Wildman–Crippen MR) is 55.8 cm³/mol. The zero-order valence-electron chi connectivity index (χ0n) is 9.20. The Morgan fingerprint density at radius 1 is 1.50 bits per heavy atom. The first-order valence-electron chi connectivity index (χ1n) is 5.37. The maximum absolute atomic E-state index is 8.70. The molecule has 80 valence electrons. The van der Waals surface area contributed by atoms with Gasteiger partial charge in [-0.3, -0.25) is 0 Å². The van der Waals surface area contributed by atoms with Crippen molar-refractivity contribution in [2.24, 2.45) is 11.8 Å². The van der Waals surface area contributed by atoms with Crippen molar-refractivity contribution >= 4 is 0 Å². The number of likely N-dealkylation sites (tertiary alicyclic amines) is 1. The van der Waals surface area contributed by atoms with E-state index < -0.39 is 0 Å². The van der Waals surface area contributed by atoms with Crippen LogP contribution in [0.2, 0.25) is 0 Å². The summed E-state index contributed by atoms with van der Waals surface area (Å²) in [4.78, 5) is 2.39. The van der Waals surface area contributed by atoms with E-state index in [2.05, 4.69) is 11.0 Å². The number of nitriles is 1. The second kappa shape index (κ2) is 6.00. The fourth-order valence-corrected chi connectivity index (χ4v) is 2.00. The van der Waals surface area contributed by atoms with Crippen LogP contribution in [0.4, 0.5) is 0 Å². The monoisotopic (exact) mass is 196 g/mol. The zero-order chi connectivity index (χ0) is 10.4. The molecule has 0 aliphatic carbocycles. The first-order chi connectivity index (χ1) is 6.76. The number of rotatable bonds is 4. The van der Waals surface area contributed by atoms with E-state index in [4.69, 9.17) is 10.00 Å². The largest absolute Gasteiger partial charge is 0.384 e. The van der Waals surface area contributed by atoms with E-state index in [0.717, 1.165) is 32.2 Å². The topological polar surface area (TPSA) is 36.3 Å². The highest BCUT2D eigenvalue weighted by Crippen LogP contribution is 2.17. The molecule has 0 amide bonds. The highest BCUT2D eigenvalue weighted by atomic mass is 16.5. The molecule has 1 heterocycles. The third-order valence-corrected chi connectivity index (χ3v) is 2.86. The summed E-state index contributed by atoms with van der Waals surface area (Å²) in [6.07, 6.45) is 2.43. The molecule has 1 unspecified atom stereocenters. The van der Waals surface area contributed by atoms with Crippen molar-refractivity contribution in [3.05, 3.63) is 0 Å². The number of hydrogen-bond donors (Lipinski definition) is 0. The van der Waals surface area contributed by atoms with Crippen molar-refractivity contribution in [2.75, 3.05) is 33.4 Å². The van der Waals surface area contributed by atoms with Gasteiger partial charge in [0.2, 0.25) is 0 Å². The van der Waals surface area contributed by atoms with E-state index in [1.165, 1.54) is 12.8 Å². The molecule has 1 aliphatic heterocycles. The number of methoxy groups -OCH3 is 1. The van der Waals surface area contributed by atoms with Gasteiger partial charge in [-0.25, -0.2) is 0 Å². The molecule has 0 saturated carbocycles. The highest BCUT2D eigenvalue weighted by Gasteiger charge is 2.19. The molecule has 0 aromatic carbocycles. The van der Waals surface area contributed by atoms with E-state index in [1.54, 1.807) is 7.11 Å². The maximum Gasteiger partial charge on any atom is 0.0666 e. The molecule has 1 aliphatic rings. The first-order valence-corrected chi connectivity index (χ1v) is 5.37. The van der Waals surface area contributed by atoms with Gasteiger partial charge in [0.05, 0.1) is 12.0 Å². The average molecular weight is 196 g/mol. The van der Waals surface area contributed by atoms with Gasteiger partial charge in [0, 0.05) is 20.3 Å². The van der Waals surface area contributed by atoms with Crippen LogP contribution in [-0.4, -0.2) is 38.3 Å². The Balaban J connectivity index is 2.19. The van der Waals surface area contributed by atoms with Gasteiger partial charge < -0.3 is 9.64 Å². The van der Waals surface area contributed by atoms with Crippen LogP contribution < -0.4 is 0 Å². The van der Waals surface area contributed by atoms with Gasteiger partial charge in [-0.2, -0.15) is 5.26 Å². The highest BCUT2D eigenvalue weighted by molar-refractivity contribution is 4.83. The second-order valence-corrected chi connectivity index (χ2v) is 4.23. The van der Waals surface area contributed by atoms with E-state index >= 15 is 0 Å². The SMILES string of the molecule is COCC1CCN(CC(C)C#N)CC1. The van der Waals surface area contributed by atoms with Gasteiger partial charge >= 0.3 is 0 Å². The van der Waals surface area contributed by atoms with Crippen LogP contribution in [0, 0.1) is 23.2 Å². The number of hydrogen-bond acceptors (Lipinski definition) is 3. The molecule has 1 atom stereocenters. The summed E-state index contributed by atoms with van der Waals surface area (Å²) in [7, 11) is 1.77. The lowest BCUT2D eigenvalue weighted by atomic mass is 9.97. The molecule has 0 bridgehead atoms. The van der Waals surface area contributed by atoms with Crippen LogP contribution >= 0.6 is 0 Å². The Morgan fingerprint density at radius 2 is 2.14 bits per heavy atom. The van der Waals surface area contributed by atoms with E-state index in [0.29, 0.717) is 0 Å². The molecule has 0 aromatic heterocycles. The van der Waals surface area contributed by atoms with Crippen molar-refractivity contribution in [3.8, 4) is 6.07 Å². The quantitative estimate of drug-likeness (QED) is 0.683. The molecule has 3 nitrogen and oxygen atoms in total. The van der Waals surface area contributed by atoms with Crippen molar-refractivity contribution < 1.29 is 4.74 Å². The van der Waals surface area contributed by atoms with Crippen LogP contribution in [0.15, 0.2) is 0 Å². The first kappa shape index (κ1) is 11.5. The number of piperidine rings is 1. The van der Waals surface area contributed by atoms with Gasteiger partial charge in [-0.1, -0.05) is 0 Å². The molecule has 1 saturated heterocycles. The molecule has 0 radical (unpaired) electrons.